The lowest BCUT2D eigenvalue weighted by molar-refractivity contribution is 0.582. The molecule has 2 rings (SSSR count). The third-order valence-electron chi connectivity index (χ3n) is 2.49. The highest BCUT2D eigenvalue weighted by Gasteiger charge is 2.17. The molecule has 0 N–H and O–H groups in total. The molecule has 0 aliphatic carbocycles. The van der Waals surface area contributed by atoms with Crippen molar-refractivity contribution >= 4 is 27.3 Å². The molecule has 20 heavy (non-hydrogen) atoms. The molecule has 1 aromatic heterocycles. The fraction of sp³-hybridized carbons (Fsp3) is 0.167. The van der Waals surface area contributed by atoms with Crippen molar-refractivity contribution in [3.63, 3.8) is 0 Å². The van der Waals surface area contributed by atoms with Crippen LogP contribution in [-0.4, -0.2) is 41.8 Å². The third kappa shape index (κ3) is 2.73. The molecule has 0 bridgehead atoms. The van der Waals surface area contributed by atoms with Gasteiger partial charge in [0.05, 0.1) is 17.4 Å². The molecule has 0 amide bonds. The van der Waals surface area contributed by atoms with E-state index < -0.39 is 10.0 Å². The van der Waals surface area contributed by atoms with E-state index in [1.807, 2.05) is 6.07 Å². The zero-order chi connectivity index (χ0) is 14.6. The summed E-state index contributed by atoms with van der Waals surface area (Å²) in [4.78, 5) is 3.71. The van der Waals surface area contributed by atoms with Crippen molar-refractivity contribution < 1.29 is 8.42 Å². The summed E-state index contributed by atoms with van der Waals surface area (Å²) in [5.41, 5.74) is 1.07. The molecule has 0 atom stereocenters. The maximum atomic E-state index is 12.2. The summed E-state index contributed by atoms with van der Waals surface area (Å²) in [6, 6.07) is 6.52. The topological polar surface area (TPSA) is 101 Å². The zero-order valence-corrected chi connectivity index (χ0v) is 11.4. The van der Waals surface area contributed by atoms with Gasteiger partial charge in [-0.1, -0.05) is 11.3 Å². The van der Waals surface area contributed by atoms with Gasteiger partial charge in [-0.15, -0.1) is 9.19 Å². The van der Waals surface area contributed by atoms with E-state index in [0.29, 0.717) is 16.6 Å². The van der Waals surface area contributed by atoms with Gasteiger partial charge >= 0.3 is 0 Å². The summed E-state index contributed by atoms with van der Waals surface area (Å²) < 4.78 is 25.1. The highest BCUT2D eigenvalue weighted by atomic mass is 32.2. The van der Waals surface area contributed by atoms with Crippen LogP contribution < -0.4 is 0 Å². The summed E-state index contributed by atoms with van der Waals surface area (Å²) in [5, 5.41) is 16.3. The molecule has 0 aliphatic rings. The minimum atomic E-state index is -3.66. The van der Waals surface area contributed by atoms with Crippen LogP contribution in [0.2, 0.25) is 0 Å². The first kappa shape index (κ1) is 13.9. The second-order valence-electron chi connectivity index (χ2n) is 3.86. The van der Waals surface area contributed by atoms with Crippen LogP contribution in [0.5, 0.6) is 0 Å². The fourth-order valence-corrected chi connectivity index (χ4v) is 2.66. The molecule has 1 heterocycles. The smallest absolute Gasteiger partial charge is 0.259 e. The van der Waals surface area contributed by atoms with Crippen molar-refractivity contribution in [3.8, 4) is 6.07 Å². The molecule has 0 aliphatic heterocycles. The predicted octanol–water partition coefficient (Wildman–Crippen LogP) is 0.738. The van der Waals surface area contributed by atoms with E-state index in [2.05, 4.69) is 15.3 Å². The first-order chi connectivity index (χ1) is 9.58. The predicted molar refractivity (Wildman–Crippen MR) is 75.0 cm³/mol. The molecule has 0 unspecified atom stereocenters. The maximum Gasteiger partial charge on any atom is 0.259 e. The first-order valence-corrected chi connectivity index (χ1v) is 7.25. The summed E-state index contributed by atoms with van der Waals surface area (Å²) >= 11 is 0. The molecule has 1 aromatic carbocycles. The number of hydrogen-bond acceptors (Lipinski definition) is 6. The van der Waals surface area contributed by atoms with Crippen LogP contribution in [-0.2, 0) is 10.0 Å². The van der Waals surface area contributed by atoms with Crippen molar-refractivity contribution in [1.29, 1.82) is 5.26 Å². The average molecular weight is 289 g/mol. The van der Waals surface area contributed by atoms with Crippen molar-refractivity contribution in [1.82, 2.24) is 14.4 Å². The number of benzene rings is 1. The average Bonchev–Trinajstić information content (AvgIpc) is 2.87. The van der Waals surface area contributed by atoms with Gasteiger partial charge in [-0.25, -0.2) is 8.42 Å². The minimum absolute atomic E-state index is 0.228. The number of fused-ring (bicyclic) bond motifs is 1. The molecule has 0 spiro atoms. The van der Waals surface area contributed by atoms with Gasteiger partial charge < -0.3 is 0 Å². The van der Waals surface area contributed by atoms with E-state index in [0.717, 1.165) is 4.09 Å². The van der Waals surface area contributed by atoms with Crippen LogP contribution in [0.15, 0.2) is 35.3 Å². The van der Waals surface area contributed by atoms with Gasteiger partial charge in [0.25, 0.3) is 10.0 Å². The Hall–Kier alpha value is -2.53. The van der Waals surface area contributed by atoms with Crippen molar-refractivity contribution in [2.75, 3.05) is 12.8 Å². The van der Waals surface area contributed by atoms with Crippen LogP contribution >= 0.6 is 0 Å². The van der Waals surface area contributed by atoms with Crippen molar-refractivity contribution in [3.05, 3.63) is 35.9 Å². The lowest BCUT2D eigenvalue weighted by atomic mass is 10.2. The van der Waals surface area contributed by atoms with Gasteiger partial charge in [-0.05, 0) is 24.3 Å². The SMILES string of the molecule is CN=C/C=C\CS(=O)(=O)n1nnc2ccc(C#N)cc21. The van der Waals surface area contributed by atoms with E-state index in [9.17, 15) is 8.42 Å². The number of hydrogen-bond donors (Lipinski definition) is 0. The summed E-state index contributed by atoms with van der Waals surface area (Å²) in [6.45, 7) is 0. The molecule has 7 nitrogen and oxygen atoms in total. The van der Waals surface area contributed by atoms with Crippen molar-refractivity contribution in [2.45, 2.75) is 0 Å². The Morgan fingerprint density at radius 3 is 3.00 bits per heavy atom. The molecule has 2 aromatic rings. The summed E-state index contributed by atoms with van der Waals surface area (Å²) in [7, 11) is -2.07. The Morgan fingerprint density at radius 2 is 2.30 bits per heavy atom. The highest BCUT2D eigenvalue weighted by Crippen LogP contribution is 2.15. The Labute approximate surface area is 115 Å². The Balaban J connectivity index is 2.44. The van der Waals surface area contributed by atoms with Gasteiger partial charge in [0.2, 0.25) is 0 Å². The molecular weight excluding hydrogens is 278 g/mol. The van der Waals surface area contributed by atoms with Gasteiger partial charge in [0.1, 0.15) is 11.0 Å². The number of aliphatic imine (C=N–C) groups is 1. The van der Waals surface area contributed by atoms with Gasteiger partial charge in [-0.2, -0.15) is 5.26 Å². The Bertz CT molecular complexity index is 827. The Kier molecular flexibility index (Phi) is 3.91. The second kappa shape index (κ2) is 5.63. The summed E-state index contributed by atoms with van der Waals surface area (Å²) in [6.07, 6.45) is 4.49. The lowest BCUT2D eigenvalue weighted by Crippen LogP contribution is -2.17. The third-order valence-corrected chi connectivity index (χ3v) is 3.90. The fourth-order valence-electron chi connectivity index (χ4n) is 1.57. The lowest BCUT2D eigenvalue weighted by Gasteiger charge is -2.01. The number of rotatable bonds is 4. The summed E-state index contributed by atoms with van der Waals surface area (Å²) in [5.74, 6) is -0.228. The number of aromatic nitrogens is 3. The zero-order valence-electron chi connectivity index (χ0n) is 10.6. The van der Waals surface area contributed by atoms with Crippen molar-refractivity contribution in [2.24, 2.45) is 4.99 Å². The van der Waals surface area contributed by atoms with E-state index in [-0.39, 0.29) is 5.75 Å². The van der Waals surface area contributed by atoms with Crippen LogP contribution in [0.1, 0.15) is 5.56 Å². The molecule has 8 heteroatoms. The van der Waals surface area contributed by atoms with Crippen LogP contribution in [0, 0.1) is 11.3 Å². The van der Waals surface area contributed by atoms with E-state index in [4.69, 9.17) is 5.26 Å². The van der Waals surface area contributed by atoms with Gasteiger partial charge in [0.15, 0.2) is 0 Å². The van der Waals surface area contributed by atoms with E-state index in [1.165, 1.54) is 24.4 Å². The largest absolute Gasteiger partial charge is 0.297 e. The second-order valence-corrected chi connectivity index (χ2v) is 5.70. The van der Waals surface area contributed by atoms with Gasteiger partial charge in [-0.3, -0.25) is 4.99 Å². The highest BCUT2D eigenvalue weighted by molar-refractivity contribution is 7.90. The molecule has 0 saturated heterocycles. The van der Waals surface area contributed by atoms with Crippen LogP contribution in [0.25, 0.3) is 11.0 Å². The molecule has 0 fully saturated rings. The van der Waals surface area contributed by atoms with Crippen LogP contribution in [0.3, 0.4) is 0 Å². The standard InChI is InChI=1S/C12H11N5O2S/c1-14-6-2-3-7-20(18,19)17-12-8-10(9-13)4-5-11(12)15-16-17/h2-6,8H,7H2,1H3/b3-2-,14-6?. The molecule has 0 radical (unpaired) electrons. The maximum absolute atomic E-state index is 12.2. The normalized spacial score (nSPS) is 12.4. The van der Waals surface area contributed by atoms with E-state index >= 15 is 0 Å². The number of allylic oxidation sites excluding steroid dienone is 1. The Morgan fingerprint density at radius 1 is 1.50 bits per heavy atom. The minimum Gasteiger partial charge on any atom is -0.297 e. The number of nitriles is 1. The van der Waals surface area contributed by atoms with E-state index in [1.54, 1.807) is 19.2 Å². The number of nitrogens with zero attached hydrogens (tertiary/aromatic N) is 5. The van der Waals surface area contributed by atoms with Gasteiger partial charge in [0, 0.05) is 13.3 Å². The molecular formula is C12H11N5O2S. The first-order valence-electron chi connectivity index (χ1n) is 5.64. The van der Waals surface area contributed by atoms with Crippen LogP contribution in [0.4, 0.5) is 0 Å². The molecule has 102 valence electrons. The molecule has 0 saturated carbocycles. The quantitative estimate of drug-likeness (QED) is 0.772. The monoisotopic (exact) mass is 289 g/mol.